The zero-order valence-electron chi connectivity index (χ0n) is 11.1. The van der Waals surface area contributed by atoms with E-state index in [1.54, 1.807) is 0 Å². The summed E-state index contributed by atoms with van der Waals surface area (Å²) in [6.07, 6.45) is 0.482. The van der Waals surface area contributed by atoms with Crippen molar-refractivity contribution in [3.63, 3.8) is 0 Å². The van der Waals surface area contributed by atoms with Crippen molar-refractivity contribution in [3.8, 4) is 0 Å². The van der Waals surface area contributed by atoms with Gasteiger partial charge >= 0.3 is 0 Å². The molecule has 0 aliphatic carbocycles. The number of amides is 1. The number of rotatable bonds is 3. The van der Waals surface area contributed by atoms with E-state index < -0.39 is 6.04 Å². The highest BCUT2D eigenvalue weighted by Gasteiger charge is 2.43. The number of hydrogen-bond donors (Lipinski definition) is 1. The Morgan fingerprint density at radius 3 is 2.42 bits per heavy atom. The predicted octanol–water partition coefficient (Wildman–Crippen LogP) is 1.86. The van der Waals surface area contributed by atoms with Crippen LogP contribution < -0.4 is 0 Å². The van der Waals surface area contributed by atoms with Gasteiger partial charge in [-0.1, -0.05) is 30.3 Å². The Morgan fingerprint density at radius 2 is 1.89 bits per heavy atom. The van der Waals surface area contributed by atoms with E-state index in [9.17, 15) is 14.7 Å². The number of likely N-dealkylation sites (N-methyl/N-ethyl adjacent to an activating group) is 1. The summed E-state index contributed by atoms with van der Waals surface area (Å²) >= 11 is 0. The lowest BCUT2D eigenvalue weighted by Gasteiger charge is -2.21. The van der Waals surface area contributed by atoms with Crippen molar-refractivity contribution in [1.29, 1.82) is 0 Å². The van der Waals surface area contributed by atoms with Crippen LogP contribution in [-0.2, 0) is 16.0 Å². The summed E-state index contributed by atoms with van der Waals surface area (Å²) < 4.78 is 0. The average molecular weight is 259 g/mol. The van der Waals surface area contributed by atoms with Gasteiger partial charge in [0.25, 0.3) is 5.91 Å². The van der Waals surface area contributed by atoms with Crippen molar-refractivity contribution in [2.24, 2.45) is 0 Å². The van der Waals surface area contributed by atoms with Crippen molar-refractivity contribution < 1.29 is 14.7 Å². The molecule has 1 aromatic carbocycles. The van der Waals surface area contributed by atoms with Crippen LogP contribution in [0.25, 0.3) is 0 Å². The van der Waals surface area contributed by atoms with Crippen LogP contribution in [0, 0.1) is 0 Å². The monoisotopic (exact) mass is 259 g/mol. The largest absolute Gasteiger partial charge is 0.512 e. The van der Waals surface area contributed by atoms with Crippen LogP contribution in [0.4, 0.5) is 0 Å². The molecule has 0 aromatic heterocycles. The second-order valence-corrected chi connectivity index (χ2v) is 4.62. The molecule has 0 bridgehead atoms. The van der Waals surface area contributed by atoms with Gasteiger partial charge in [-0.3, -0.25) is 9.59 Å². The van der Waals surface area contributed by atoms with Crippen molar-refractivity contribution in [2.75, 3.05) is 6.54 Å². The van der Waals surface area contributed by atoms with Gasteiger partial charge in [-0.2, -0.15) is 0 Å². The number of aliphatic hydroxyl groups is 1. The Morgan fingerprint density at radius 1 is 1.26 bits per heavy atom. The average Bonchev–Trinajstić information content (AvgIpc) is 2.62. The number of ketones is 1. The molecule has 1 atom stereocenters. The molecule has 0 spiro atoms. The second-order valence-electron chi connectivity index (χ2n) is 4.62. The van der Waals surface area contributed by atoms with Crippen LogP contribution in [0.1, 0.15) is 19.4 Å². The highest BCUT2D eigenvalue weighted by molar-refractivity contribution is 6.26. The van der Waals surface area contributed by atoms with Crippen LogP contribution in [0.5, 0.6) is 0 Å². The molecule has 0 saturated carbocycles. The fourth-order valence-corrected chi connectivity index (χ4v) is 2.44. The smallest absolute Gasteiger partial charge is 0.261 e. The first-order valence-electron chi connectivity index (χ1n) is 6.35. The Labute approximate surface area is 112 Å². The normalized spacial score (nSPS) is 22.0. The van der Waals surface area contributed by atoms with Crippen LogP contribution in [-0.4, -0.2) is 34.3 Å². The van der Waals surface area contributed by atoms with Crippen LogP contribution in [0.15, 0.2) is 41.7 Å². The molecule has 100 valence electrons. The molecular formula is C15H17NO3. The molecule has 1 aliphatic rings. The third-order valence-electron chi connectivity index (χ3n) is 3.37. The number of benzene rings is 1. The number of allylic oxidation sites excluding steroid dienone is 1. The van der Waals surface area contributed by atoms with Gasteiger partial charge < -0.3 is 10.0 Å². The van der Waals surface area contributed by atoms with E-state index in [1.165, 1.54) is 11.8 Å². The number of Topliss-reactive ketones (excluding diaryl/α,β-unsaturated/α-hetero) is 1. The Balaban J connectivity index is 2.32. The lowest BCUT2D eigenvalue weighted by Crippen LogP contribution is -2.36. The molecule has 4 nitrogen and oxygen atoms in total. The number of nitrogens with zero attached hydrogens (tertiary/aromatic N) is 1. The summed E-state index contributed by atoms with van der Waals surface area (Å²) in [5, 5.41) is 9.50. The van der Waals surface area contributed by atoms with Crippen molar-refractivity contribution in [2.45, 2.75) is 26.3 Å². The van der Waals surface area contributed by atoms with Crippen molar-refractivity contribution in [1.82, 2.24) is 4.90 Å². The number of carbonyl (C=O) groups is 2. The molecule has 2 rings (SSSR count). The summed E-state index contributed by atoms with van der Waals surface area (Å²) in [4.78, 5) is 25.8. The molecule has 1 aliphatic heterocycles. The van der Waals surface area contributed by atoms with E-state index in [-0.39, 0.29) is 23.0 Å². The lowest BCUT2D eigenvalue weighted by atomic mass is 10.0. The number of hydrogen-bond acceptors (Lipinski definition) is 3. The Hall–Kier alpha value is -2.10. The Kier molecular flexibility index (Phi) is 3.69. The number of likely N-dealkylation sites (tertiary alicyclic amines) is 1. The van der Waals surface area contributed by atoms with Gasteiger partial charge in [-0.15, -0.1) is 0 Å². The first-order chi connectivity index (χ1) is 9.06. The summed E-state index contributed by atoms with van der Waals surface area (Å²) in [5.74, 6) is -0.840. The van der Waals surface area contributed by atoms with E-state index in [2.05, 4.69) is 0 Å². The van der Waals surface area contributed by atoms with Crippen molar-refractivity contribution in [3.05, 3.63) is 47.2 Å². The second kappa shape index (κ2) is 5.26. The van der Waals surface area contributed by atoms with E-state index in [1.807, 2.05) is 37.3 Å². The summed E-state index contributed by atoms with van der Waals surface area (Å²) in [7, 11) is 0. The molecule has 1 fully saturated rings. The first kappa shape index (κ1) is 13.3. The minimum atomic E-state index is -0.503. The molecule has 1 heterocycles. The maximum atomic E-state index is 12.3. The molecule has 1 amide bonds. The number of carbonyl (C=O) groups excluding carboxylic acids is 2. The van der Waals surface area contributed by atoms with Gasteiger partial charge in [-0.05, 0) is 19.4 Å². The van der Waals surface area contributed by atoms with Gasteiger partial charge in [0.1, 0.15) is 11.3 Å². The third-order valence-corrected chi connectivity index (χ3v) is 3.37. The van der Waals surface area contributed by atoms with E-state index in [4.69, 9.17) is 0 Å². The minimum Gasteiger partial charge on any atom is -0.512 e. The maximum Gasteiger partial charge on any atom is 0.261 e. The van der Waals surface area contributed by atoms with E-state index in [0.29, 0.717) is 13.0 Å². The fraction of sp³-hybridized carbons (Fsp3) is 0.333. The molecule has 1 N–H and O–H groups in total. The Bertz CT molecular complexity index is 530. The molecule has 4 heteroatoms. The summed E-state index contributed by atoms with van der Waals surface area (Å²) in [6, 6.07) is 9.07. The van der Waals surface area contributed by atoms with E-state index >= 15 is 0 Å². The quantitative estimate of drug-likeness (QED) is 0.512. The van der Waals surface area contributed by atoms with Gasteiger partial charge in [0, 0.05) is 13.0 Å². The van der Waals surface area contributed by atoms with E-state index in [0.717, 1.165) is 5.56 Å². The highest BCUT2D eigenvalue weighted by atomic mass is 16.3. The van der Waals surface area contributed by atoms with Crippen molar-refractivity contribution >= 4 is 11.7 Å². The molecule has 0 unspecified atom stereocenters. The number of aliphatic hydroxyl groups excluding tert-OH is 1. The highest BCUT2D eigenvalue weighted by Crippen LogP contribution is 2.25. The topological polar surface area (TPSA) is 57.6 Å². The molecule has 0 radical (unpaired) electrons. The third kappa shape index (κ3) is 2.38. The molecule has 1 saturated heterocycles. The minimum absolute atomic E-state index is 0.0669. The molecule has 1 aromatic rings. The standard InChI is InChI=1S/C15H17NO3/c1-3-16-12(9-11-7-5-4-6-8-11)14(18)13(10(2)17)15(16)19/h4-8,12,17H,3,9H2,1-2H3/t12-/m0/s1. The fourth-order valence-electron chi connectivity index (χ4n) is 2.44. The summed E-state index contributed by atoms with van der Waals surface area (Å²) in [6.45, 7) is 3.67. The van der Waals surface area contributed by atoms with Crippen LogP contribution in [0.3, 0.4) is 0 Å². The van der Waals surface area contributed by atoms with Gasteiger partial charge in [-0.25, -0.2) is 0 Å². The predicted molar refractivity (Wildman–Crippen MR) is 71.7 cm³/mol. The first-order valence-corrected chi connectivity index (χ1v) is 6.35. The molecular weight excluding hydrogens is 242 g/mol. The molecule has 19 heavy (non-hydrogen) atoms. The summed E-state index contributed by atoms with van der Waals surface area (Å²) in [5.41, 5.74) is 0.937. The van der Waals surface area contributed by atoms with Gasteiger partial charge in [0.2, 0.25) is 0 Å². The lowest BCUT2D eigenvalue weighted by molar-refractivity contribution is -0.126. The zero-order valence-corrected chi connectivity index (χ0v) is 11.1. The van der Waals surface area contributed by atoms with Gasteiger partial charge in [0.15, 0.2) is 5.78 Å². The zero-order chi connectivity index (χ0) is 14.0. The van der Waals surface area contributed by atoms with Crippen LogP contribution >= 0.6 is 0 Å². The van der Waals surface area contributed by atoms with Gasteiger partial charge in [0.05, 0.1) is 6.04 Å². The van der Waals surface area contributed by atoms with Crippen LogP contribution in [0.2, 0.25) is 0 Å². The maximum absolute atomic E-state index is 12.3. The SMILES string of the molecule is CCN1C(=O)C(=C(C)O)C(=O)[C@@H]1Cc1ccccc1.